The smallest absolute Gasteiger partial charge is 0.287 e. The number of hydrogen-bond acceptors (Lipinski definition) is 4. The molecule has 1 aromatic carbocycles. The van der Waals surface area contributed by atoms with Crippen molar-refractivity contribution in [3.8, 4) is 0 Å². The molecule has 1 aromatic heterocycles. The summed E-state index contributed by atoms with van der Waals surface area (Å²) in [5.74, 6) is 0.760. The highest BCUT2D eigenvalue weighted by atomic mass is 16.5. The van der Waals surface area contributed by atoms with Gasteiger partial charge in [0.15, 0.2) is 5.76 Å². The van der Waals surface area contributed by atoms with Crippen LogP contribution in [0.1, 0.15) is 28.8 Å². The Balaban J connectivity index is 1.86. The Bertz CT molecular complexity index is 637. The number of ether oxygens (including phenoxy) is 1. The molecule has 0 unspecified atom stereocenters. The highest BCUT2D eigenvalue weighted by Crippen LogP contribution is 2.15. The predicted molar refractivity (Wildman–Crippen MR) is 90.8 cm³/mol. The first kappa shape index (κ1) is 17.1. The van der Waals surface area contributed by atoms with Crippen LogP contribution in [0.15, 0.2) is 40.8 Å². The van der Waals surface area contributed by atoms with Gasteiger partial charge in [0.2, 0.25) is 0 Å². The van der Waals surface area contributed by atoms with Gasteiger partial charge >= 0.3 is 0 Å². The molecule has 124 valence electrons. The van der Waals surface area contributed by atoms with E-state index in [-0.39, 0.29) is 5.91 Å². The fraction of sp³-hybridized carbons (Fsp3) is 0.389. The molecule has 1 heterocycles. The number of methoxy groups -OCH3 is 1. The van der Waals surface area contributed by atoms with Gasteiger partial charge in [-0.25, -0.2) is 0 Å². The Morgan fingerprint density at radius 1 is 1.30 bits per heavy atom. The van der Waals surface area contributed by atoms with E-state index in [1.165, 1.54) is 11.3 Å². The van der Waals surface area contributed by atoms with Crippen molar-refractivity contribution in [2.75, 3.05) is 31.6 Å². The largest absolute Gasteiger partial charge is 0.453 e. The molecule has 0 saturated heterocycles. The van der Waals surface area contributed by atoms with Crippen molar-refractivity contribution in [2.45, 2.75) is 20.5 Å². The van der Waals surface area contributed by atoms with Crippen molar-refractivity contribution in [3.63, 3.8) is 0 Å². The molecule has 0 saturated carbocycles. The van der Waals surface area contributed by atoms with Gasteiger partial charge in [0, 0.05) is 32.4 Å². The first-order chi connectivity index (χ1) is 11.1. The van der Waals surface area contributed by atoms with E-state index in [2.05, 4.69) is 42.3 Å². The lowest BCUT2D eigenvalue weighted by molar-refractivity contribution is 0.0918. The topological polar surface area (TPSA) is 54.7 Å². The second kappa shape index (κ2) is 8.39. The molecule has 0 aliphatic heterocycles. The maximum atomic E-state index is 12.1. The van der Waals surface area contributed by atoms with E-state index in [0.29, 0.717) is 24.7 Å². The number of nitrogens with one attached hydrogen (secondary N) is 1. The average Bonchev–Trinajstić information content (AvgIpc) is 3.00. The minimum Gasteiger partial charge on any atom is -0.453 e. The molecule has 0 atom stereocenters. The van der Waals surface area contributed by atoms with Crippen LogP contribution in [0.5, 0.6) is 0 Å². The van der Waals surface area contributed by atoms with Crippen LogP contribution in [0.25, 0.3) is 0 Å². The highest BCUT2D eigenvalue weighted by Gasteiger charge is 2.11. The van der Waals surface area contributed by atoms with E-state index in [1.54, 1.807) is 19.2 Å². The van der Waals surface area contributed by atoms with Crippen molar-refractivity contribution in [1.29, 1.82) is 0 Å². The number of amides is 1. The van der Waals surface area contributed by atoms with Crippen LogP contribution in [0, 0.1) is 6.92 Å². The Morgan fingerprint density at radius 2 is 2.13 bits per heavy atom. The molecule has 0 bridgehead atoms. The fourth-order valence-corrected chi connectivity index (χ4v) is 2.41. The van der Waals surface area contributed by atoms with E-state index in [0.717, 1.165) is 13.1 Å². The first-order valence-electron chi connectivity index (χ1n) is 7.81. The van der Waals surface area contributed by atoms with Gasteiger partial charge in [-0.3, -0.25) is 4.79 Å². The normalized spacial score (nSPS) is 10.6. The standard InChI is InChI=1S/C18H24N2O3/c1-4-20(15-7-5-6-14(2)12-15)11-10-19-18(21)17-9-8-16(23-17)13-22-3/h5-9,12H,4,10-11,13H2,1-3H3,(H,19,21). The van der Waals surface area contributed by atoms with E-state index in [4.69, 9.17) is 9.15 Å². The van der Waals surface area contributed by atoms with Crippen molar-refractivity contribution in [2.24, 2.45) is 0 Å². The van der Waals surface area contributed by atoms with E-state index >= 15 is 0 Å². The molecule has 5 heteroatoms. The number of nitrogens with zero attached hydrogens (tertiary/aromatic N) is 1. The van der Waals surface area contributed by atoms with Crippen LogP contribution < -0.4 is 10.2 Å². The molecule has 0 radical (unpaired) electrons. The zero-order valence-electron chi connectivity index (χ0n) is 14.0. The molecule has 0 aliphatic carbocycles. The summed E-state index contributed by atoms with van der Waals surface area (Å²) in [7, 11) is 1.59. The van der Waals surface area contributed by atoms with Gasteiger partial charge in [-0.15, -0.1) is 0 Å². The van der Waals surface area contributed by atoms with Gasteiger partial charge in [-0.1, -0.05) is 12.1 Å². The van der Waals surface area contributed by atoms with Crippen LogP contribution in [0.2, 0.25) is 0 Å². The molecule has 2 rings (SSSR count). The molecule has 0 spiro atoms. The number of aryl methyl sites for hydroxylation is 1. The van der Waals surface area contributed by atoms with Crippen LogP contribution in [0.3, 0.4) is 0 Å². The number of carbonyl (C=O) groups is 1. The second-order valence-electron chi connectivity index (χ2n) is 5.37. The van der Waals surface area contributed by atoms with E-state index in [9.17, 15) is 4.79 Å². The first-order valence-corrected chi connectivity index (χ1v) is 7.81. The summed E-state index contributed by atoms with van der Waals surface area (Å²) in [6.07, 6.45) is 0. The SMILES string of the molecule is CCN(CCNC(=O)c1ccc(COC)o1)c1cccc(C)c1. The number of carbonyl (C=O) groups excluding carboxylic acids is 1. The minimum atomic E-state index is -0.201. The second-order valence-corrected chi connectivity index (χ2v) is 5.37. The van der Waals surface area contributed by atoms with Gasteiger partial charge in [-0.2, -0.15) is 0 Å². The number of hydrogen-bond donors (Lipinski definition) is 1. The maximum absolute atomic E-state index is 12.1. The number of furan rings is 1. The quantitative estimate of drug-likeness (QED) is 0.813. The predicted octanol–water partition coefficient (Wildman–Crippen LogP) is 2.99. The average molecular weight is 316 g/mol. The van der Waals surface area contributed by atoms with Crippen molar-refractivity contribution < 1.29 is 13.9 Å². The number of rotatable bonds is 8. The lowest BCUT2D eigenvalue weighted by Gasteiger charge is -2.23. The Kier molecular flexibility index (Phi) is 6.23. The summed E-state index contributed by atoms with van der Waals surface area (Å²) in [5.41, 5.74) is 2.40. The zero-order chi connectivity index (χ0) is 16.7. The molecule has 0 aliphatic rings. The summed E-state index contributed by atoms with van der Waals surface area (Å²) in [6, 6.07) is 11.8. The van der Waals surface area contributed by atoms with Crippen LogP contribution >= 0.6 is 0 Å². The van der Waals surface area contributed by atoms with E-state index in [1.807, 2.05) is 6.07 Å². The Hall–Kier alpha value is -2.27. The van der Waals surface area contributed by atoms with Gasteiger partial charge < -0.3 is 19.4 Å². The molecule has 23 heavy (non-hydrogen) atoms. The third-order valence-corrected chi connectivity index (χ3v) is 3.59. The number of likely N-dealkylation sites (N-methyl/N-ethyl adjacent to an activating group) is 1. The molecule has 1 amide bonds. The van der Waals surface area contributed by atoms with Crippen molar-refractivity contribution in [1.82, 2.24) is 5.32 Å². The van der Waals surface area contributed by atoms with Crippen LogP contribution in [0.4, 0.5) is 5.69 Å². The van der Waals surface area contributed by atoms with Gasteiger partial charge in [0.25, 0.3) is 5.91 Å². The minimum absolute atomic E-state index is 0.201. The summed E-state index contributed by atoms with van der Waals surface area (Å²) >= 11 is 0. The maximum Gasteiger partial charge on any atom is 0.287 e. The van der Waals surface area contributed by atoms with Crippen LogP contribution in [-0.2, 0) is 11.3 Å². The number of benzene rings is 1. The van der Waals surface area contributed by atoms with Gasteiger partial charge in [0.1, 0.15) is 12.4 Å². The molecule has 1 N–H and O–H groups in total. The molecule has 2 aromatic rings. The molecule has 5 nitrogen and oxygen atoms in total. The third kappa shape index (κ3) is 4.86. The van der Waals surface area contributed by atoms with Gasteiger partial charge in [0.05, 0.1) is 0 Å². The molecule has 0 fully saturated rings. The summed E-state index contributed by atoms with van der Waals surface area (Å²) in [4.78, 5) is 14.3. The lowest BCUT2D eigenvalue weighted by Crippen LogP contribution is -2.34. The third-order valence-electron chi connectivity index (χ3n) is 3.59. The summed E-state index contributed by atoms with van der Waals surface area (Å²) in [5, 5.41) is 2.89. The summed E-state index contributed by atoms with van der Waals surface area (Å²) in [6.45, 7) is 6.74. The highest BCUT2D eigenvalue weighted by molar-refractivity contribution is 5.91. The van der Waals surface area contributed by atoms with Crippen molar-refractivity contribution in [3.05, 3.63) is 53.5 Å². The van der Waals surface area contributed by atoms with Gasteiger partial charge in [-0.05, 0) is 43.7 Å². The molecular weight excluding hydrogens is 292 g/mol. The molecular formula is C18H24N2O3. The Labute approximate surface area is 137 Å². The number of anilines is 1. The fourth-order valence-electron chi connectivity index (χ4n) is 2.41. The summed E-state index contributed by atoms with van der Waals surface area (Å²) < 4.78 is 10.4. The van der Waals surface area contributed by atoms with E-state index < -0.39 is 0 Å². The van der Waals surface area contributed by atoms with Crippen molar-refractivity contribution >= 4 is 11.6 Å². The monoisotopic (exact) mass is 316 g/mol. The lowest BCUT2D eigenvalue weighted by atomic mass is 10.2. The zero-order valence-corrected chi connectivity index (χ0v) is 14.0. The Morgan fingerprint density at radius 3 is 2.83 bits per heavy atom. The van der Waals surface area contributed by atoms with Crippen LogP contribution in [-0.4, -0.2) is 32.7 Å².